The van der Waals surface area contributed by atoms with E-state index >= 15 is 0 Å². The van der Waals surface area contributed by atoms with Gasteiger partial charge < -0.3 is 10.3 Å². The second kappa shape index (κ2) is 6.34. The van der Waals surface area contributed by atoms with Crippen LogP contribution < -0.4 is 10.7 Å². The molecule has 0 saturated heterocycles. The second-order valence-corrected chi connectivity index (χ2v) is 5.83. The molecule has 1 aliphatic carbocycles. The minimum Gasteiger partial charge on any atom is -0.346 e. The fourth-order valence-corrected chi connectivity index (χ4v) is 2.55. The number of carbonyl (C=O) groups excluding carboxylic acids is 1. The van der Waals surface area contributed by atoms with E-state index in [2.05, 4.69) is 10.7 Å². The van der Waals surface area contributed by atoms with Gasteiger partial charge in [-0.15, -0.1) is 0 Å². The van der Waals surface area contributed by atoms with Crippen LogP contribution in [-0.4, -0.2) is 36.2 Å². The van der Waals surface area contributed by atoms with Crippen LogP contribution in [0, 0.1) is 0 Å². The van der Waals surface area contributed by atoms with Crippen LogP contribution in [0.5, 0.6) is 0 Å². The molecule has 0 aromatic heterocycles. The van der Waals surface area contributed by atoms with Crippen molar-refractivity contribution < 1.29 is 18.0 Å². The summed E-state index contributed by atoms with van der Waals surface area (Å²) in [5, 5.41) is 4.48. The number of carbonyl (C=O) groups is 1. The molecule has 0 spiro atoms. The summed E-state index contributed by atoms with van der Waals surface area (Å²) in [5.41, 5.74) is 2.79. The van der Waals surface area contributed by atoms with E-state index in [-0.39, 0.29) is 11.6 Å². The molecule has 0 fully saturated rings. The predicted octanol–water partition coefficient (Wildman–Crippen LogP) is 2.60. The zero-order valence-electron chi connectivity index (χ0n) is 12.2. The Morgan fingerprint density at radius 3 is 2.68 bits per heavy atom. The van der Waals surface area contributed by atoms with Crippen LogP contribution in [0.25, 0.3) is 0 Å². The molecule has 1 amide bonds. The Hall–Kier alpha value is -1.47. The number of hydrazine groups is 1. The molecule has 1 heterocycles. The molecule has 2 N–H and O–H groups in total. The number of hydrogen-bond acceptors (Lipinski definition) is 3. The van der Waals surface area contributed by atoms with E-state index < -0.39 is 18.1 Å². The lowest BCUT2D eigenvalue weighted by Gasteiger charge is -2.22. The Morgan fingerprint density at radius 1 is 1.45 bits per heavy atom. The lowest BCUT2D eigenvalue weighted by molar-refractivity contribution is -0.154. The molecule has 0 bridgehead atoms. The molecule has 122 valence electrons. The van der Waals surface area contributed by atoms with Crippen molar-refractivity contribution in [2.24, 2.45) is 0 Å². The minimum atomic E-state index is -4.53. The molecule has 0 aromatic rings. The van der Waals surface area contributed by atoms with Gasteiger partial charge in [0.1, 0.15) is 0 Å². The summed E-state index contributed by atoms with van der Waals surface area (Å²) in [5.74, 6) is -0.728. The van der Waals surface area contributed by atoms with Crippen molar-refractivity contribution in [3.63, 3.8) is 0 Å². The standard InChI is InChI=1S/C14H17ClF3N3O/c1-8(9-3-5-10(15)6-4-9)19-13(22)11-7-21(2)20-12(11)14(16,17)18/h3,5,7-8,12,20H,4,6H2,1-2H3,(H,19,22)/t8-,12?/m0/s1. The monoisotopic (exact) mass is 335 g/mol. The van der Waals surface area contributed by atoms with E-state index in [1.807, 2.05) is 0 Å². The van der Waals surface area contributed by atoms with E-state index in [1.165, 1.54) is 7.05 Å². The molecule has 2 aliphatic rings. The quantitative estimate of drug-likeness (QED) is 0.833. The Morgan fingerprint density at radius 2 is 2.14 bits per heavy atom. The Balaban J connectivity index is 2.07. The van der Waals surface area contributed by atoms with Gasteiger partial charge in [0.25, 0.3) is 5.91 Å². The summed E-state index contributed by atoms with van der Waals surface area (Å²) in [6.45, 7) is 1.74. The van der Waals surface area contributed by atoms with Gasteiger partial charge in [-0.2, -0.15) is 13.2 Å². The fourth-order valence-electron chi connectivity index (χ4n) is 2.39. The van der Waals surface area contributed by atoms with Gasteiger partial charge in [-0.05, 0) is 31.4 Å². The third kappa shape index (κ3) is 3.84. The van der Waals surface area contributed by atoms with Crippen LogP contribution in [0.15, 0.2) is 34.5 Å². The van der Waals surface area contributed by atoms with Crippen LogP contribution in [-0.2, 0) is 4.79 Å². The first kappa shape index (κ1) is 16.9. The van der Waals surface area contributed by atoms with Crippen molar-refractivity contribution in [2.75, 3.05) is 7.05 Å². The lowest BCUT2D eigenvalue weighted by atomic mass is 9.98. The van der Waals surface area contributed by atoms with Crippen molar-refractivity contribution in [3.8, 4) is 0 Å². The van der Waals surface area contributed by atoms with Crippen molar-refractivity contribution in [1.29, 1.82) is 0 Å². The average Bonchev–Trinajstić information content (AvgIpc) is 2.81. The second-order valence-electron chi connectivity index (χ2n) is 5.35. The van der Waals surface area contributed by atoms with Crippen LogP contribution in [0.2, 0.25) is 0 Å². The third-order valence-corrected chi connectivity index (χ3v) is 3.92. The lowest BCUT2D eigenvalue weighted by Crippen LogP contribution is -2.47. The van der Waals surface area contributed by atoms with E-state index in [0.29, 0.717) is 12.8 Å². The third-order valence-electron chi connectivity index (χ3n) is 3.60. The summed E-state index contributed by atoms with van der Waals surface area (Å²) in [4.78, 5) is 12.2. The molecule has 1 unspecified atom stereocenters. The number of alkyl halides is 3. The first-order valence-corrected chi connectivity index (χ1v) is 7.19. The number of rotatable bonds is 3. The number of halogens is 4. The van der Waals surface area contributed by atoms with Gasteiger partial charge in [0.2, 0.25) is 0 Å². The summed E-state index contributed by atoms with van der Waals surface area (Å²) in [7, 11) is 1.42. The highest BCUT2D eigenvalue weighted by atomic mass is 35.5. The first-order chi connectivity index (χ1) is 10.2. The SMILES string of the molecule is C[C@H](NC(=O)C1=CN(C)NC1C(F)(F)F)C1=CC=C(Cl)CC1. The summed E-state index contributed by atoms with van der Waals surface area (Å²) in [6.07, 6.45) is 1.52. The normalized spacial score (nSPS) is 23.6. The molecule has 0 saturated carbocycles. The van der Waals surface area contributed by atoms with Gasteiger partial charge in [0.05, 0.1) is 5.57 Å². The smallest absolute Gasteiger partial charge is 0.346 e. The van der Waals surface area contributed by atoms with Crippen molar-refractivity contribution >= 4 is 17.5 Å². The van der Waals surface area contributed by atoms with Crippen molar-refractivity contribution in [2.45, 2.75) is 38.0 Å². The van der Waals surface area contributed by atoms with Gasteiger partial charge in [-0.25, -0.2) is 5.43 Å². The maximum Gasteiger partial charge on any atom is 0.409 e. The minimum absolute atomic E-state index is 0.341. The number of hydrogen-bond donors (Lipinski definition) is 2. The fraction of sp³-hybridized carbons (Fsp3) is 0.500. The van der Waals surface area contributed by atoms with Crippen molar-refractivity contribution in [1.82, 2.24) is 15.8 Å². The highest BCUT2D eigenvalue weighted by Crippen LogP contribution is 2.29. The Bertz CT molecular complexity index is 554. The molecule has 2 rings (SSSR count). The van der Waals surface area contributed by atoms with E-state index in [4.69, 9.17) is 11.6 Å². The van der Waals surface area contributed by atoms with Crippen LogP contribution in [0.4, 0.5) is 13.2 Å². The number of amides is 1. The maximum atomic E-state index is 12.9. The van der Waals surface area contributed by atoms with E-state index in [9.17, 15) is 18.0 Å². The molecular formula is C14H17ClF3N3O. The van der Waals surface area contributed by atoms with Crippen LogP contribution >= 0.6 is 11.6 Å². The highest BCUT2D eigenvalue weighted by Gasteiger charge is 2.47. The van der Waals surface area contributed by atoms with E-state index in [0.717, 1.165) is 21.8 Å². The molecule has 8 heteroatoms. The molecule has 0 radical (unpaired) electrons. The number of nitrogens with one attached hydrogen (secondary N) is 2. The maximum absolute atomic E-state index is 12.9. The zero-order chi connectivity index (χ0) is 16.5. The molecular weight excluding hydrogens is 319 g/mol. The zero-order valence-corrected chi connectivity index (χ0v) is 12.9. The van der Waals surface area contributed by atoms with Gasteiger partial charge in [0.15, 0.2) is 6.04 Å². The van der Waals surface area contributed by atoms with Gasteiger partial charge in [0, 0.05) is 24.3 Å². The molecule has 22 heavy (non-hydrogen) atoms. The Labute approximate surface area is 131 Å². The molecule has 4 nitrogen and oxygen atoms in total. The van der Waals surface area contributed by atoms with Gasteiger partial charge in [-0.3, -0.25) is 4.79 Å². The average molecular weight is 336 g/mol. The molecule has 2 atom stereocenters. The number of nitrogens with zero attached hydrogens (tertiary/aromatic N) is 1. The largest absolute Gasteiger partial charge is 0.409 e. The summed E-state index contributed by atoms with van der Waals surface area (Å²) >= 11 is 5.86. The summed E-state index contributed by atoms with van der Waals surface area (Å²) < 4.78 is 38.8. The van der Waals surface area contributed by atoms with Crippen molar-refractivity contribution in [3.05, 3.63) is 34.5 Å². The van der Waals surface area contributed by atoms with Gasteiger partial charge in [-0.1, -0.05) is 17.7 Å². The summed E-state index contributed by atoms with van der Waals surface area (Å²) in [6, 6.07) is -2.34. The van der Waals surface area contributed by atoms with Gasteiger partial charge >= 0.3 is 6.18 Å². The van der Waals surface area contributed by atoms with E-state index in [1.54, 1.807) is 19.1 Å². The molecule has 0 aromatic carbocycles. The predicted molar refractivity (Wildman–Crippen MR) is 77.7 cm³/mol. The highest BCUT2D eigenvalue weighted by molar-refractivity contribution is 6.29. The first-order valence-electron chi connectivity index (χ1n) is 6.82. The number of allylic oxidation sites excluding steroid dienone is 3. The van der Waals surface area contributed by atoms with Crippen LogP contribution in [0.1, 0.15) is 19.8 Å². The van der Waals surface area contributed by atoms with Crippen LogP contribution in [0.3, 0.4) is 0 Å². The molecule has 1 aliphatic heterocycles. The Kier molecular flexibility index (Phi) is 4.87. The topological polar surface area (TPSA) is 44.4 Å².